The molecule has 0 saturated carbocycles. The Balaban J connectivity index is 2.09. The van der Waals surface area contributed by atoms with Gasteiger partial charge in [0, 0.05) is 32.7 Å². The fraction of sp³-hybridized carbons (Fsp3) is 0.600. The molecule has 28 heavy (non-hydrogen) atoms. The summed E-state index contributed by atoms with van der Waals surface area (Å²) in [6.45, 7) is 8.07. The summed E-state index contributed by atoms with van der Waals surface area (Å²) in [6.07, 6.45) is 1.20. The van der Waals surface area contributed by atoms with Crippen LogP contribution < -0.4 is 25.4 Å². The summed E-state index contributed by atoms with van der Waals surface area (Å²) in [6, 6.07) is 7.55. The molecule has 1 aromatic rings. The lowest BCUT2D eigenvalue weighted by Crippen LogP contribution is -2.39. The number of carbonyl (C=O) groups excluding carboxylic acids is 1. The zero-order valence-corrected chi connectivity index (χ0v) is 17.6. The first-order valence-corrected chi connectivity index (χ1v) is 9.52. The van der Waals surface area contributed by atoms with Crippen molar-refractivity contribution in [3.63, 3.8) is 0 Å². The van der Waals surface area contributed by atoms with E-state index in [1.807, 2.05) is 45.0 Å². The van der Waals surface area contributed by atoms with E-state index in [0.29, 0.717) is 19.7 Å². The number of rotatable bonds is 10. The van der Waals surface area contributed by atoms with Crippen molar-refractivity contribution < 1.29 is 19.0 Å². The van der Waals surface area contributed by atoms with Crippen LogP contribution in [-0.2, 0) is 4.74 Å². The summed E-state index contributed by atoms with van der Waals surface area (Å²) >= 11 is 0. The molecule has 158 valence electrons. The number of methoxy groups -OCH3 is 1. The van der Waals surface area contributed by atoms with Crippen LogP contribution in [0.2, 0.25) is 0 Å². The zero-order valence-electron chi connectivity index (χ0n) is 17.6. The number of hydrogen-bond donors (Lipinski definition) is 3. The van der Waals surface area contributed by atoms with Gasteiger partial charge in [0.15, 0.2) is 5.96 Å². The average Bonchev–Trinajstić information content (AvgIpc) is 2.64. The first-order valence-electron chi connectivity index (χ1n) is 9.52. The largest absolute Gasteiger partial charge is 0.497 e. The van der Waals surface area contributed by atoms with Crippen molar-refractivity contribution in [3.05, 3.63) is 24.3 Å². The lowest BCUT2D eigenvalue weighted by Gasteiger charge is -2.19. The Hall–Kier alpha value is -2.64. The normalized spacial score (nSPS) is 11.5. The van der Waals surface area contributed by atoms with Gasteiger partial charge in [-0.3, -0.25) is 4.99 Å². The molecule has 0 unspecified atom stereocenters. The Morgan fingerprint density at radius 3 is 2.32 bits per heavy atom. The molecular formula is C20H34N4O4. The molecule has 8 nitrogen and oxygen atoms in total. The molecule has 0 aliphatic rings. The number of amides is 1. The van der Waals surface area contributed by atoms with E-state index in [0.717, 1.165) is 36.8 Å². The molecular weight excluding hydrogens is 360 g/mol. The minimum atomic E-state index is -0.482. The smallest absolute Gasteiger partial charge is 0.407 e. The van der Waals surface area contributed by atoms with E-state index in [-0.39, 0.29) is 0 Å². The molecule has 8 heteroatoms. The van der Waals surface area contributed by atoms with Crippen LogP contribution in [0.5, 0.6) is 11.5 Å². The van der Waals surface area contributed by atoms with Gasteiger partial charge < -0.3 is 30.2 Å². The maximum atomic E-state index is 11.5. The second-order valence-corrected chi connectivity index (χ2v) is 7.09. The van der Waals surface area contributed by atoms with Crippen molar-refractivity contribution in [1.82, 2.24) is 16.0 Å². The minimum absolute atomic E-state index is 0.397. The van der Waals surface area contributed by atoms with Gasteiger partial charge >= 0.3 is 6.09 Å². The van der Waals surface area contributed by atoms with Crippen molar-refractivity contribution in [2.45, 2.75) is 39.2 Å². The number of aliphatic imine (C=N–C) groups is 1. The highest BCUT2D eigenvalue weighted by Crippen LogP contribution is 2.18. The number of hydrogen-bond acceptors (Lipinski definition) is 5. The van der Waals surface area contributed by atoms with Gasteiger partial charge in [0.25, 0.3) is 0 Å². The zero-order chi connectivity index (χ0) is 20.8. The van der Waals surface area contributed by atoms with Crippen molar-refractivity contribution in [2.75, 3.05) is 40.4 Å². The molecule has 0 atom stereocenters. The molecule has 1 aromatic carbocycles. The van der Waals surface area contributed by atoms with Gasteiger partial charge in [0.05, 0.1) is 13.7 Å². The van der Waals surface area contributed by atoms with Gasteiger partial charge in [-0.1, -0.05) is 6.07 Å². The van der Waals surface area contributed by atoms with Crippen LogP contribution in [0.15, 0.2) is 29.3 Å². The Bertz CT molecular complexity index is 614. The fourth-order valence-corrected chi connectivity index (χ4v) is 2.18. The Morgan fingerprint density at radius 1 is 1.04 bits per heavy atom. The molecule has 0 fully saturated rings. The number of benzene rings is 1. The Kier molecular flexibility index (Phi) is 10.6. The highest BCUT2D eigenvalue weighted by atomic mass is 16.6. The Morgan fingerprint density at radius 2 is 1.68 bits per heavy atom. The van der Waals surface area contributed by atoms with E-state index in [9.17, 15) is 4.79 Å². The third kappa shape index (κ3) is 11.2. The first-order chi connectivity index (χ1) is 13.3. The Labute approximate surface area is 168 Å². The van der Waals surface area contributed by atoms with Gasteiger partial charge in [0.2, 0.25) is 0 Å². The molecule has 3 N–H and O–H groups in total. The quantitative estimate of drug-likeness (QED) is 0.321. The second-order valence-electron chi connectivity index (χ2n) is 7.09. The average molecular weight is 395 g/mol. The number of carbonyl (C=O) groups is 1. The van der Waals surface area contributed by atoms with Gasteiger partial charge in [0.1, 0.15) is 17.1 Å². The minimum Gasteiger partial charge on any atom is -0.497 e. The highest BCUT2D eigenvalue weighted by Gasteiger charge is 2.15. The van der Waals surface area contributed by atoms with Crippen molar-refractivity contribution in [1.29, 1.82) is 0 Å². The highest BCUT2D eigenvalue weighted by molar-refractivity contribution is 5.79. The van der Waals surface area contributed by atoms with Crippen LogP contribution in [0.4, 0.5) is 4.79 Å². The van der Waals surface area contributed by atoms with E-state index in [2.05, 4.69) is 20.9 Å². The summed E-state index contributed by atoms with van der Waals surface area (Å²) in [5, 5.41) is 9.16. The monoisotopic (exact) mass is 394 g/mol. The van der Waals surface area contributed by atoms with Crippen LogP contribution in [0.1, 0.15) is 33.6 Å². The molecule has 0 heterocycles. The predicted molar refractivity (Wildman–Crippen MR) is 111 cm³/mol. The molecule has 0 saturated heterocycles. The lowest BCUT2D eigenvalue weighted by atomic mass is 10.2. The van der Waals surface area contributed by atoms with Crippen molar-refractivity contribution in [3.8, 4) is 11.5 Å². The van der Waals surface area contributed by atoms with Crippen LogP contribution >= 0.6 is 0 Å². The maximum absolute atomic E-state index is 11.5. The lowest BCUT2D eigenvalue weighted by molar-refractivity contribution is 0.0527. The topological polar surface area (TPSA) is 93.2 Å². The fourth-order valence-electron chi connectivity index (χ4n) is 2.18. The summed E-state index contributed by atoms with van der Waals surface area (Å²) in [5.41, 5.74) is -0.482. The number of alkyl carbamates (subject to hydrolysis) is 1. The van der Waals surface area contributed by atoms with Crippen LogP contribution in [-0.4, -0.2) is 58.1 Å². The standard InChI is InChI=1S/C20H34N4O4/c1-20(2,3)28-19(25)24-12-7-11-22-18(21-4)23-13-8-14-27-17-10-6-9-16(15-17)26-5/h6,9-10,15H,7-8,11-14H2,1-5H3,(H,24,25)(H2,21,22,23). The van der Waals surface area contributed by atoms with Gasteiger partial charge in [-0.15, -0.1) is 0 Å². The third-order valence-electron chi connectivity index (χ3n) is 3.46. The summed E-state index contributed by atoms with van der Waals surface area (Å²) < 4.78 is 16.1. The summed E-state index contributed by atoms with van der Waals surface area (Å²) in [7, 11) is 3.36. The van der Waals surface area contributed by atoms with Crippen molar-refractivity contribution >= 4 is 12.1 Å². The molecule has 1 amide bonds. The number of nitrogens with zero attached hydrogens (tertiary/aromatic N) is 1. The van der Waals surface area contributed by atoms with E-state index in [4.69, 9.17) is 14.2 Å². The van der Waals surface area contributed by atoms with Crippen LogP contribution in [0.25, 0.3) is 0 Å². The summed E-state index contributed by atoms with van der Waals surface area (Å²) in [4.78, 5) is 15.7. The van der Waals surface area contributed by atoms with Gasteiger partial charge in [-0.05, 0) is 45.7 Å². The van der Waals surface area contributed by atoms with Crippen LogP contribution in [0.3, 0.4) is 0 Å². The number of ether oxygens (including phenoxy) is 3. The van der Waals surface area contributed by atoms with Crippen LogP contribution in [0, 0.1) is 0 Å². The van der Waals surface area contributed by atoms with E-state index in [1.165, 1.54) is 0 Å². The molecule has 0 spiro atoms. The van der Waals surface area contributed by atoms with E-state index in [1.54, 1.807) is 14.2 Å². The van der Waals surface area contributed by atoms with E-state index >= 15 is 0 Å². The predicted octanol–water partition coefficient (Wildman–Crippen LogP) is 2.54. The first kappa shape index (κ1) is 23.4. The molecule has 0 bridgehead atoms. The second kappa shape index (κ2) is 12.7. The van der Waals surface area contributed by atoms with E-state index < -0.39 is 11.7 Å². The van der Waals surface area contributed by atoms with Gasteiger partial charge in [-0.25, -0.2) is 4.79 Å². The molecule has 0 radical (unpaired) electrons. The number of guanidine groups is 1. The molecule has 0 aliphatic carbocycles. The summed E-state index contributed by atoms with van der Waals surface area (Å²) in [5.74, 6) is 2.29. The van der Waals surface area contributed by atoms with Gasteiger partial charge in [-0.2, -0.15) is 0 Å². The molecule has 0 aromatic heterocycles. The third-order valence-corrected chi connectivity index (χ3v) is 3.46. The molecule has 1 rings (SSSR count). The molecule has 0 aliphatic heterocycles. The SMILES string of the molecule is CN=C(NCCCNC(=O)OC(C)(C)C)NCCCOc1cccc(OC)c1. The number of nitrogens with one attached hydrogen (secondary N) is 3. The maximum Gasteiger partial charge on any atom is 0.407 e. The van der Waals surface area contributed by atoms with Crippen molar-refractivity contribution in [2.24, 2.45) is 4.99 Å².